The van der Waals surface area contributed by atoms with Gasteiger partial charge in [0.05, 0.1) is 23.7 Å². The third-order valence-corrected chi connectivity index (χ3v) is 15.4. The summed E-state index contributed by atoms with van der Waals surface area (Å²) in [6, 6.07) is 29.3. The number of hydrogen-bond donors (Lipinski definition) is 6. The highest BCUT2D eigenvalue weighted by atomic mass is 16.5. The maximum absolute atomic E-state index is 15.6. The number of aromatic hydroxyl groups is 2. The average molecular weight is 954 g/mol. The van der Waals surface area contributed by atoms with Crippen LogP contribution in [0, 0.1) is 11.8 Å². The van der Waals surface area contributed by atoms with Crippen molar-refractivity contribution in [2.45, 2.75) is 114 Å². The van der Waals surface area contributed by atoms with Crippen molar-refractivity contribution in [3.05, 3.63) is 182 Å². The molecule has 368 valence electrons. The van der Waals surface area contributed by atoms with E-state index in [4.69, 9.17) is 15.0 Å². The molecule has 1 fully saturated rings. The van der Waals surface area contributed by atoms with Crippen molar-refractivity contribution in [2.24, 2.45) is 11.8 Å². The Balaban J connectivity index is 1.05. The van der Waals surface area contributed by atoms with E-state index in [-0.39, 0.29) is 68.0 Å². The number of carbonyl (C=O) groups is 2. The van der Waals surface area contributed by atoms with Crippen molar-refractivity contribution >= 4 is 29.5 Å². The Morgan fingerprint density at radius 2 is 1.66 bits per heavy atom. The van der Waals surface area contributed by atoms with Gasteiger partial charge >= 0.3 is 0 Å². The smallest absolute Gasteiger partial charge is 0.161 e. The van der Waals surface area contributed by atoms with Crippen LogP contribution in [0.5, 0.6) is 17.2 Å². The predicted octanol–water partition coefficient (Wildman–Crippen LogP) is 9.70. The lowest BCUT2D eigenvalue weighted by atomic mass is 9.67. The largest absolute Gasteiger partial charge is 0.664 e. The summed E-state index contributed by atoms with van der Waals surface area (Å²) in [7, 11) is 0. The van der Waals surface area contributed by atoms with Crippen molar-refractivity contribution in [1.82, 2.24) is 9.97 Å². The fraction of sp³-hybridized carbons (Fsp3) is 0.367. The summed E-state index contributed by atoms with van der Waals surface area (Å²) in [5.41, 5.74) is 8.68. The molecule has 0 unspecified atom stereocenters. The van der Waals surface area contributed by atoms with Gasteiger partial charge in [-0.3, -0.25) is 9.59 Å². The molecule has 4 aromatic carbocycles. The highest BCUT2D eigenvalue weighted by molar-refractivity contribution is 6.05. The number of benzene rings is 4. The van der Waals surface area contributed by atoms with Gasteiger partial charge < -0.3 is 45.6 Å². The molecule has 0 amide bonds. The lowest BCUT2D eigenvalue weighted by Crippen LogP contribution is -2.40. The minimum Gasteiger partial charge on any atom is -0.664 e. The van der Waals surface area contributed by atoms with Gasteiger partial charge in [0.2, 0.25) is 0 Å². The number of carbonyl (C=O) groups excluding carboxylic acids is 2. The number of aryl methyl sites for hydroxylation is 2. The number of phenolic OH excluding ortho intramolecular Hbond substituents is 2. The molecule has 3 heterocycles. The minimum atomic E-state index is -1.39. The van der Waals surface area contributed by atoms with Gasteiger partial charge in [-0.1, -0.05) is 120 Å². The molecule has 3 aliphatic carbocycles. The molecule has 1 aliphatic heterocycles. The number of aromatic nitrogens is 2. The second-order valence-electron chi connectivity index (χ2n) is 20.3. The summed E-state index contributed by atoms with van der Waals surface area (Å²) >= 11 is 0. The summed E-state index contributed by atoms with van der Waals surface area (Å²) in [5, 5.41) is 62.4. The molecule has 0 spiro atoms. The second kappa shape index (κ2) is 21.0. The summed E-state index contributed by atoms with van der Waals surface area (Å²) in [4.78, 5) is 38.3. The number of aliphatic hydroxyl groups is 3. The molecule has 10 rings (SSSR count). The first-order valence-electron chi connectivity index (χ1n) is 25.4. The molecule has 0 saturated heterocycles. The maximum Gasteiger partial charge on any atom is 0.161 e. The fourth-order valence-electron chi connectivity index (χ4n) is 11.7. The van der Waals surface area contributed by atoms with E-state index in [9.17, 15) is 30.3 Å². The highest BCUT2D eigenvalue weighted by Crippen LogP contribution is 2.48. The Labute approximate surface area is 415 Å². The minimum absolute atomic E-state index is 0.0118. The van der Waals surface area contributed by atoms with Crippen LogP contribution in [-0.2, 0) is 48.1 Å². The monoisotopic (exact) mass is 953 g/mol. The van der Waals surface area contributed by atoms with E-state index in [1.807, 2.05) is 72.9 Å². The molecule has 6 N–H and O–H groups in total. The Morgan fingerprint density at radius 1 is 0.831 bits per heavy atom. The number of phenols is 2. The number of nitrogens with one attached hydrogen (secondary N) is 1. The zero-order valence-electron chi connectivity index (χ0n) is 40.1. The molecule has 2 aromatic heterocycles. The van der Waals surface area contributed by atoms with E-state index in [1.165, 1.54) is 0 Å². The summed E-state index contributed by atoms with van der Waals surface area (Å²) < 4.78 is 6.50. The fourth-order valence-corrected chi connectivity index (χ4v) is 11.7. The summed E-state index contributed by atoms with van der Waals surface area (Å²) in [6.07, 6.45) is 15.2. The number of Topliss-reactive ketones (excluding diaryl/α,β-unsaturated/α-hetero) is 2. The van der Waals surface area contributed by atoms with E-state index in [2.05, 4.69) is 23.2 Å². The van der Waals surface area contributed by atoms with Crippen LogP contribution in [0.2, 0.25) is 0 Å². The SMILES string of the molecule is O=C1CCc2cc(c(O)c(OC3CCCC3)c2)Cc2ccc(C[C@H](O)Cc3ccccc3)c(c2)Cc2cc[nH]c2[N-]CC2=Cc3[n-]ccc3[C@H](C[C@]3(O)C=Cc4c(O)cccc4CC3)[C@@H]2C(=O)[C@H]1CCO. The Bertz CT molecular complexity index is 2940. The van der Waals surface area contributed by atoms with Crippen molar-refractivity contribution in [3.8, 4) is 17.2 Å². The molecule has 6 aromatic rings. The number of rotatable bonds is 10. The lowest BCUT2D eigenvalue weighted by Gasteiger charge is -2.40. The standard InChI is InChI=1S/C60H63N3O8/c64-26-21-50-54(67)16-14-39-29-44(57(68)55(31-39)71-47-10-4-5-11-47)28-38-13-15-41(33-46(65)30-37-7-2-1-3-8-37)43(27-38)32-42-19-24-62-59(42)63-36-45-34-52-49(20-25-61-52)51(56(45)58(50)69)35-60(70)22-17-40-9-6-12-53(66)48(40)18-23-60/h1-3,6-9,12-13,15,18-20,23-25,27,29,31,34,46-47,50-51,56,62,64-66,68,70H,4-5,10-11,14,16-17,21-22,26,28,30,32-33,35-36H2/q-2/t46-,50+,51+,56-,60-/m1/s1. The summed E-state index contributed by atoms with van der Waals surface area (Å²) in [6.45, 7) is -0.281. The van der Waals surface area contributed by atoms with Crippen molar-refractivity contribution in [3.63, 3.8) is 0 Å². The molecule has 4 bridgehead atoms. The van der Waals surface area contributed by atoms with E-state index in [1.54, 1.807) is 30.5 Å². The van der Waals surface area contributed by atoms with Gasteiger partial charge in [-0.15, -0.1) is 5.69 Å². The van der Waals surface area contributed by atoms with Gasteiger partial charge in [0.1, 0.15) is 11.5 Å². The van der Waals surface area contributed by atoms with Crippen molar-refractivity contribution in [1.29, 1.82) is 0 Å². The molecular formula is C60H63N3O8-2. The number of aliphatic hydroxyl groups excluding tert-OH is 2. The van der Waals surface area contributed by atoms with Crippen LogP contribution in [0.4, 0.5) is 5.82 Å². The van der Waals surface area contributed by atoms with Crippen LogP contribution < -0.4 is 9.72 Å². The van der Waals surface area contributed by atoms with Gasteiger partial charge in [0.15, 0.2) is 17.3 Å². The van der Waals surface area contributed by atoms with Gasteiger partial charge in [0.25, 0.3) is 0 Å². The average Bonchev–Trinajstić information content (AvgIpc) is 4.14. The first-order valence-corrected chi connectivity index (χ1v) is 25.4. The highest BCUT2D eigenvalue weighted by Gasteiger charge is 2.43. The molecule has 11 nitrogen and oxygen atoms in total. The molecule has 71 heavy (non-hydrogen) atoms. The second-order valence-corrected chi connectivity index (χ2v) is 20.3. The van der Waals surface area contributed by atoms with Gasteiger partial charge in [-0.05, 0) is 141 Å². The zero-order valence-corrected chi connectivity index (χ0v) is 40.1. The third-order valence-electron chi connectivity index (χ3n) is 15.4. The number of H-pyrrole nitrogens is 1. The van der Waals surface area contributed by atoms with Crippen molar-refractivity contribution in [2.75, 3.05) is 13.2 Å². The topological polar surface area (TPSA) is 189 Å². The molecule has 5 atom stereocenters. The Hall–Kier alpha value is -6.66. The van der Waals surface area contributed by atoms with E-state index in [0.29, 0.717) is 72.5 Å². The molecule has 11 heteroatoms. The van der Waals surface area contributed by atoms with Crippen LogP contribution in [0.15, 0.2) is 115 Å². The van der Waals surface area contributed by atoms with E-state index >= 15 is 4.79 Å². The lowest BCUT2D eigenvalue weighted by molar-refractivity contribution is -0.135. The normalized spacial score (nSPS) is 22.1. The molecule has 1 saturated carbocycles. The van der Waals surface area contributed by atoms with Crippen LogP contribution in [0.25, 0.3) is 17.5 Å². The number of nitrogens with zero attached hydrogens (tertiary/aromatic N) is 2. The number of ether oxygens (including phenoxy) is 1. The van der Waals surface area contributed by atoms with Crippen LogP contribution in [-0.4, -0.2) is 73.0 Å². The van der Waals surface area contributed by atoms with Crippen LogP contribution >= 0.6 is 0 Å². The van der Waals surface area contributed by atoms with Gasteiger partial charge in [0, 0.05) is 36.5 Å². The first-order chi connectivity index (χ1) is 34.5. The van der Waals surface area contributed by atoms with Crippen LogP contribution in [0.3, 0.4) is 0 Å². The summed E-state index contributed by atoms with van der Waals surface area (Å²) in [5.74, 6) is -2.07. The maximum atomic E-state index is 15.6. The zero-order chi connectivity index (χ0) is 49.1. The molecular weight excluding hydrogens is 891 g/mol. The van der Waals surface area contributed by atoms with E-state index < -0.39 is 29.5 Å². The van der Waals surface area contributed by atoms with E-state index in [0.717, 1.165) is 70.2 Å². The van der Waals surface area contributed by atoms with Gasteiger partial charge in [-0.25, -0.2) is 0 Å². The molecule has 4 aliphatic rings. The Kier molecular flexibility index (Phi) is 14.2. The predicted molar refractivity (Wildman–Crippen MR) is 274 cm³/mol. The van der Waals surface area contributed by atoms with Gasteiger partial charge in [-0.2, -0.15) is 6.20 Å². The number of aromatic amines is 1. The Morgan fingerprint density at radius 3 is 2.49 bits per heavy atom. The number of hydrogen-bond acceptors (Lipinski definition) is 8. The number of ketones is 2. The van der Waals surface area contributed by atoms with Crippen LogP contribution in [0.1, 0.15) is 119 Å². The molecule has 0 radical (unpaired) electrons. The third kappa shape index (κ3) is 10.7. The quantitative estimate of drug-likeness (QED) is 0.0727. The first kappa shape index (κ1) is 48.0. The van der Waals surface area contributed by atoms with Crippen molar-refractivity contribution < 1.29 is 39.9 Å². The number of fused-ring (bicyclic) bond motifs is 8.